The number of para-hydroxylation sites is 2. The van der Waals surface area contributed by atoms with Gasteiger partial charge in [0, 0.05) is 11.8 Å². The van der Waals surface area contributed by atoms with E-state index in [1.54, 1.807) is 48.5 Å². The van der Waals surface area contributed by atoms with E-state index in [9.17, 15) is 9.59 Å². The molecular weight excluding hydrogens is 358 g/mol. The van der Waals surface area contributed by atoms with Crippen molar-refractivity contribution >= 4 is 17.6 Å². The standard InChI is InChI=1S/C22H19NO5/c24-21(15-27-22(25)16-26-18-9-3-1-4-10-18)23-17-8-7-13-20(14-17)28-19-11-5-2-6-12-19/h1-14H,15-16H2,(H,23,24). The molecule has 0 spiro atoms. The number of anilines is 1. The van der Waals surface area contributed by atoms with Gasteiger partial charge in [-0.25, -0.2) is 4.79 Å². The molecule has 0 bridgehead atoms. The highest BCUT2D eigenvalue weighted by Crippen LogP contribution is 2.23. The van der Waals surface area contributed by atoms with Crippen molar-refractivity contribution in [1.82, 2.24) is 0 Å². The summed E-state index contributed by atoms with van der Waals surface area (Å²) in [7, 11) is 0. The van der Waals surface area contributed by atoms with Crippen LogP contribution in [0, 0.1) is 0 Å². The first kappa shape index (κ1) is 19.0. The minimum absolute atomic E-state index is 0.266. The minimum atomic E-state index is -0.625. The van der Waals surface area contributed by atoms with Crippen molar-refractivity contribution in [3.63, 3.8) is 0 Å². The molecule has 0 saturated carbocycles. The Hall–Kier alpha value is -3.80. The molecule has 0 atom stereocenters. The Bertz CT molecular complexity index is 912. The van der Waals surface area contributed by atoms with E-state index in [4.69, 9.17) is 14.2 Å². The molecule has 3 aromatic rings. The van der Waals surface area contributed by atoms with Crippen LogP contribution in [-0.4, -0.2) is 25.1 Å². The lowest BCUT2D eigenvalue weighted by Gasteiger charge is -2.10. The van der Waals surface area contributed by atoms with Crippen LogP contribution in [0.3, 0.4) is 0 Å². The van der Waals surface area contributed by atoms with Gasteiger partial charge in [-0.3, -0.25) is 4.79 Å². The van der Waals surface area contributed by atoms with Gasteiger partial charge in [-0.2, -0.15) is 0 Å². The third-order valence-corrected chi connectivity index (χ3v) is 3.56. The number of carbonyl (C=O) groups is 2. The molecule has 0 aliphatic carbocycles. The van der Waals surface area contributed by atoms with Gasteiger partial charge in [0.05, 0.1) is 0 Å². The molecule has 1 amide bonds. The van der Waals surface area contributed by atoms with Crippen LogP contribution in [-0.2, 0) is 14.3 Å². The number of hydrogen-bond acceptors (Lipinski definition) is 5. The summed E-state index contributed by atoms with van der Waals surface area (Å²) in [5.41, 5.74) is 0.537. The highest BCUT2D eigenvalue weighted by molar-refractivity contribution is 5.93. The minimum Gasteiger partial charge on any atom is -0.482 e. The van der Waals surface area contributed by atoms with E-state index in [1.165, 1.54) is 0 Å². The van der Waals surface area contributed by atoms with Crippen molar-refractivity contribution in [2.24, 2.45) is 0 Å². The van der Waals surface area contributed by atoms with Gasteiger partial charge in [0.15, 0.2) is 13.2 Å². The van der Waals surface area contributed by atoms with Crippen molar-refractivity contribution in [2.45, 2.75) is 0 Å². The fourth-order valence-electron chi connectivity index (χ4n) is 2.31. The van der Waals surface area contributed by atoms with Crippen molar-refractivity contribution in [3.05, 3.63) is 84.9 Å². The summed E-state index contributed by atoms with van der Waals surface area (Å²) in [6, 6.07) is 25.1. The summed E-state index contributed by atoms with van der Waals surface area (Å²) in [5.74, 6) is 0.750. The maximum Gasteiger partial charge on any atom is 0.344 e. The van der Waals surface area contributed by atoms with Crippen molar-refractivity contribution in [1.29, 1.82) is 0 Å². The Labute approximate surface area is 162 Å². The van der Waals surface area contributed by atoms with Gasteiger partial charge in [0.1, 0.15) is 17.2 Å². The molecule has 3 rings (SSSR count). The summed E-state index contributed by atoms with van der Waals surface area (Å²) in [6.45, 7) is -0.668. The Morgan fingerprint density at radius 1 is 0.714 bits per heavy atom. The summed E-state index contributed by atoms with van der Waals surface area (Å²) in [6.07, 6.45) is 0. The van der Waals surface area contributed by atoms with Crippen LogP contribution in [0.1, 0.15) is 0 Å². The molecule has 0 aliphatic heterocycles. The van der Waals surface area contributed by atoms with Crippen LogP contribution in [0.25, 0.3) is 0 Å². The molecular formula is C22H19NO5. The van der Waals surface area contributed by atoms with Gasteiger partial charge in [-0.15, -0.1) is 0 Å². The van der Waals surface area contributed by atoms with Crippen LogP contribution in [0.15, 0.2) is 84.9 Å². The number of amides is 1. The first-order chi connectivity index (χ1) is 13.7. The van der Waals surface area contributed by atoms with Crippen molar-refractivity contribution in [3.8, 4) is 17.2 Å². The highest BCUT2D eigenvalue weighted by Gasteiger charge is 2.09. The summed E-state index contributed by atoms with van der Waals surface area (Å²) < 4.78 is 15.9. The smallest absolute Gasteiger partial charge is 0.344 e. The second-order valence-electron chi connectivity index (χ2n) is 5.75. The number of carbonyl (C=O) groups excluding carboxylic acids is 2. The van der Waals surface area contributed by atoms with Crippen LogP contribution < -0.4 is 14.8 Å². The van der Waals surface area contributed by atoms with E-state index in [2.05, 4.69) is 5.32 Å². The maximum absolute atomic E-state index is 12.0. The molecule has 0 heterocycles. The zero-order valence-electron chi connectivity index (χ0n) is 15.0. The topological polar surface area (TPSA) is 73.9 Å². The van der Waals surface area contributed by atoms with E-state index in [0.717, 1.165) is 0 Å². The molecule has 0 aromatic heterocycles. The van der Waals surface area contributed by atoms with Gasteiger partial charge >= 0.3 is 5.97 Å². The lowest BCUT2D eigenvalue weighted by Crippen LogP contribution is -2.23. The summed E-state index contributed by atoms with van der Waals surface area (Å²) in [5, 5.41) is 2.66. The van der Waals surface area contributed by atoms with Gasteiger partial charge in [0.2, 0.25) is 0 Å². The molecule has 1 N–H and O–H groups in total. The molecule has 6 nitrogen and oxygen atoms in total. The lowest BCUT2D eigenvalue weighted by molar-refractivity contribution is -0.149. The zero-order valence-corrected chi connectivity index (χ0v) is 15.0. The molecule has 0 saturated heterocycles. The Balaban J connectivity index is 1.44. The third kappa shape index (κ3) is 6.17. The number of esters is 1. The number of rotatable bonds is 8. The number of hydrogen-bond donors (Lipinski definition) is 1. The van der Waals surface area contributed by atoms with E-state index in [1.807, 2.05) is 36.4 Å². The first-order valence-electron chi connectivity index (χ1n) is 8.65. The van der Waals surface area contributed by atoms with Gasteiger partial charge < -0.3 is 19.5 Å². The molecule has 6 heteroatoms. The highest BCUT2D eigenvalue weighted by atomic mass is 16.6. The van der Waals surface area contributed by atoms with Gasteiger partial charge in [0.25, 0.3) is 5.91 Å². The summed E-state index contributed by atoms with van der Waals surface area (Å²) >= 11 is 0. The third-order valence-electron chi connectivity index (χ3n) is 3.56. The van der Waals surface area contributed by atoms with E-state index >= 15 is 0 Å². The second kappa shape index (κ2) is 9.78. The molecule has 28 heavy (non-hydrogen) atoms. The molecule has 0 radical (unpaired) electrons. The molecule has 3 aromatic carbocycles. The van der Waals surface area contributed by atoms with E-state index in [-0.39, 0.29) is 6.61 Å². The van der Waals surface area contributed by atoms with Gasteiger partial charge in [-0.05, 0) is 36.4 Å². The fourth-order valence-corrected chi connectivity index (χ4v) is 2.31. The molecule has 142 valence electrons. The fraction of sp³-hybridized carbons (Fsp3) is 0.0909. The largest absolute Gasteiger partial charge is 0.482 e. The second-order valence-corrected chi connectivity index (χ2v) is 5.75. The van der Waals surface area contributed by atoms with Crippen molar-refractivity contribution in [2.75, 3.05) is 18.5 Å². The van der Waals surface area contributed by atoms with E-state index < -0.39 is 18.5 Å². The molecule has 0 unspecified atom stereocenters. The SMILES string of the molecule is O=C(COC(=O)COc1ccccc1)Nc1cccc(Oc2ccccc2)c1. The Morgan fingerprint density at radius 3 is 2.07 bits per heavy atom. The van der Waals surface area contributed by atoms with Crippen LogP contribution >= 0.6 is 0 Å². The predicted octanol–water partition coefficient (Wildman–Crippen LogP) is 4.04. The zero-order chi connectivity index (χ0) is 19.6. The van der Waals surface area contributed by atoms with E-state index in [0.29, 0.717) is 22.9 Å². The normalized spacial score (nSPS) is 10.0. The quantitative estimate of drug-likeness (QED) is 0.600. The average molecular weight is 377 g/mol. The molecule has 0 aliphatic rings. The first-order valence-corrected chi connectivity index (χ1v) is 8.65. The maximum atomic E-state index is 12.0. The van der Waals surface area contributed by atoms with Crippen molar-refractivity contribution < 1.29 is 23.8 Å². The number of benzene rings is 3. The molecule has 0 fully saturated rings. The van der Waals surface area contributed by atoms with Crippen LogP contribution in [0.4, 0.5) is 5.69 Å². The predicted molar refractivity (Wildman–Crippen MR) is 104 cm³/mol. The monoisotopic (exact) mass is 377 g/mol. The van der Waals surface area contributed by atoms with Crippen LogP contribution in [0.2, 0.25) is 0 Å². The lowest BCUT2D eigenvalue weighted by atomic mass is 10.3. The average Bonchev–Trinajstić information content (AvgIpc) is 2.72. The van der Waals surface area contributed by atoms with Crippen LogP contribution in [0.5, 0.6) is 17.2 Å². The summed E-state index contributed by atoms with van der Waals surface area (Å²) in [4.78, 5) is 23.7. The number of nitrogens with one attached hydrogen (secondary N) is 1. The van der Waals surface area contributed by atoms with Gasteiger partial charge in [-0.1, -0.05) is 42.5 Å². The Morgan fingerprint density at radius 2 is 1.36 bits per heavy atom. The Kier molecular flexibility index (Phi) is 6.62. The number of ether oxygens (including phenoxy) is 3.